The van der Waals surface area contributed by atoms with Crippen molar-refractivity contribution in [3.63, 3.8) is 0 Å². The quantitative estimate of drug-likeness (QED) is 0.598. The summed E-state index contributed by atoms with van der Waals surface area (Å²) in [5.74, 6) is 1.26. The van der Waals surface area contributed by atoms with Crippen molar-refractivity contribution in [3.05, 3.63) is 42.2 Å². The lowest BCUT2D eigenvalue weighted by molar-refractivity contribution is -0.137. The number of carbonyl (C=O) groups excluding carboxylic acids is 1. The molecule has 1 aliphatic carbocycles. The van der Waals surface area contributed by atoms with Gasteiger partial charge in [0.25, 0.3) is 0 Å². The molecule has 1 atom stereocenters. The Bertz CT molecular complexity index is 1060. The molecule has 0 amide bonds. The van der Waals surface area contributed by atoms with Crippen LogP contribution in [-0.4, -0.2) is 59.0 Å². The zero-order valence-electron chi connectivity index (χ0n) is 18.9. The Morgan fingerprint density at radius 1 is 1.15 bits per heavy atom. The third kappa shape index (κ3) is 5.10. The Hall–Kier alpha value is -2.52. The van der Waals surface area contributed by atoms with Gasteiger partial charge in [-0.25, -0.2) is 9.97 Å². The molecular formula is C25H29F3N4O2. The normalized spacial score (nSPS) is 26.0. The van der Waals surface area contributed by atoms with E-state index < -0.39 is 11.7 Å². The van der Waals surface area contributed by atoms with Crippen LogP contribution in [0.25, 0.3) is 10.9 Å². The molecule has 2 aliphatic heterocycles. The number of likely N-dealkylation sites (tertiary alicyclic amines) is 1. The lowest BCUT2D eigenvalue weighted by atomic mass is 9.80. The highest BCUT2D eigenvalue weighted by molar-refractivity contribution is 5.91. The summed E-state index contributed by atoms with van der Waals surface area (Å²) >= 11 is 0. The van der Waals surface area contributed by atoms with Gasteiger partial charge in [-0.2, -0.15) is 13.2 Å². The van der Waals surface area contributed by atoms with Crippen LogP contribution in [0.1, 0.15) is 37.7 Å². The van der Waals surface area contributed by atoms with E-state index in [1.54, 1.807) is 0 Å². The zero-order chi connectivity index (χ0) is 23.7. The number of hydrogen-bond donors (Lipinski definition) is 1. The van der Waals surface area contributed by atoms with Crippen molar-refractivity contribution in [1.29, 1.82) is 0 Å². The highest BCUT2D eigenvalue weighted by Gasteiger charge is 2.37. The molecule has 3 aliphatic rings. The first-order chi connectivity index (χ1) is 16.4. The average Bonchev–Trinajstić information content (AvgIpc) is 3.34. The number of benzene rings is 1. The topological polar surface area (TPSA) is 67.4 Å². The van der Waals surface area contributed by atoms with Crippen LogP contribution >= 0.6 is 0 Å². The van der Waals surface area contributed by atoms with Crippen LogP contribution in [0.5, 0.6) is 0 Å². The first kappa shape index (κ1) is 23.2. The van der Waals surface area contributed by atoms with Gasteiger partial charge in [-0.15, -0.1) is 0 Å². The van der Waals surface area contributed by atoms with Crippen molar-refractivity contribution in [2.24, 2.45) is 11.8 Å². The smallest absolute Gasteiger partial charge is 0.370 e. The van der Waals surface area contributed by atoms with Gasteiger partial charge in [0.1, 0.15) is 12.1 Å². The van der Waals surface area contributed by atoms with Gasteiger partial charge in [0.05, 0.1) is 30.3 Å². The molecule has 0 bridgehead atoms. The van der Waals surface area contributed by atoms with Crippen molar-refractivity contribution in [1.82, 2.24) is 14.9 Å². The van der Waals surface area contributed by atoms with E-state index in [9.17, 15) is 18.0 Å². The number of aromatic nitrogens is 2. The summed E-state index contributed by atoms with van der Waals surface area (Å²) < 4.78 is 45.0. The molecule has 1 N–H and O–H groups in total. The van der Waals surface area contributed by atoms with E-state index in [1.807, 2.05) is 0 Å². The van der Waals surface area contributed by atoms with Gasteiger partial charge in [-0.1, -0.05) is 12.2 Å². The van der Waals surface area contributed by atoms with E-state index in [0.29, 0.717) is 35.9 Å². The van der Waals surface area contributed by atoms with Gasteiger partial charge in [0.15, 0.2) is 5.78 Å². The number of hydrogen-bond acceptors (Lipinski definition) is 6. The number of ketones is 1. The van der Waals surface area contributed by atoms with Crippen molar-refractivity contribution >= 4 is 22.5 Å². The third-order valence-corrected chi connectivity index (χ3v) is 7.35. The minimum atomic E-state index is -4.45. The molecule has 34 heavy (non-hydrogen) atoms. The summed E-state index contributed by atoms with van der Waals surface area (Å²) in [6, 6.07) is 3.94. The molecule has 0 spiro atoms. The molecule has 2 aromatic rings. The van der Waals surface area contributed by atoms with Crippen molar-refractivity contribution in [2.75, 3.05) is 31.6 Å². The number of halogens is 3. The SMILES string of the molecule is O=C(CNc1ncnc2ccc(C(F)(F)F)cc12)CC1CN(C2CCC(C3C=CCO3)CC2)C1. The zero-order valence-corrected chi connectivity index (χ0v) is 18.9. The van der Waals surface area contributed by atoms with Gasteiger partial charge >= 0.3 is 6.18 Å². The standard InChI is InChI=1S/C25H29F3N4O2/c26-25(27,28)18-5-8-22-21(11-18)24(31-15-30-22)29-12-20(33)10-16-13-32(14-16)19-6-3-17(4-7-19)23-2-1-9-34-23/h1-2,5,8,11,15-17,19,23H,3-4,6-7,9-10,12-14H2,(H,29,30,31). The summed E-state index contributed by atoms with van der Waals surface area (Å²) in [4.78, 5) is 23.1. The fourth-order valence-corrected chi connectivity index (χ4v) is 5.49. The van der Waals surface area contributed by atoms with Gasteiger partial charge in [-0.05, 0) is 55.7 Å². The van der Waals surface area contributed by atoms with E-state index in [0.717, 1.165) is 31.8 Å². The number of ether oxygens (including phenoxy) is 1. The van der Waals surface area contributed by atoms with E-state index >= 15 is 0 Å². The van der Waals surface area contributed by atoms with Gasteiger partial charge in [0.2, 0.25) is 0 Å². The summed E-state index contributed by atoms with van der Waals surface area (Å²) in [5, 5.41) is 3.19. The van der Waals surface area contributed by atoms with Gasteiger partial charge < -0.3 is 10.1 Å². The van der Waals surface area contributed by atoms with Crippen molar-refractivity contribution < 1.29 is 22.7 Å². The minimum Gasteiger partial charge on any atom is -0.370 e. The molecule has 1 unspecified atom stereocenters. The molecule has 182 valence electrons. The highest BCUT2D eigenvalue weighted by Crippen LogP contribution is 2.36. The summed E-state index contributed by atoms with van der Waals surface area (Å²) in [5.41, 5.74) is -0.363. The van der Waals surface area contributed by atoms with Crippen LogP contribution < -0.4 is 5.32 Å². The maximum absolute atomic E-state index is 13.1. The number of anilines is 1. The number of carbonyl (C=O) groups is 1. The predicted molar refractivity (Wildman–Crippen MR) is 122 cm³/mol. The number of fused-ring (bicyclic) bond motifs is 1. The fraction of sp³-hybridized carbons (Fsp3) is 0.560. The summed E-state index contributed by atoms with van der Waals surface area (Å²) in [6.45, 7) is 2.65. The monoisotopic (exact) mass is 474 g/mol. The molecule has 1 saturated carbocycles. The lowest BCUT2D eigenvalue weighted by Crippen LogP contribution is -2.53. The van der Waals surface area contributed by atoms with Crippen LogP contribution in [0.4, 0.5) is 19.0 Å². The molecular weight excluding hydrogens is 445 g/mol. The number of Topliss-reactive ketones (excluding diaryl/α,β-unsaturated/α-hetero) is 1. The largest absolute Gasteiger partial charge is 0.416 e. The Labute approximate surface area is 196 Å². The van der Waals surface area contributed by atoms with Crippen LogP contribution in [0.3, 0.4) is 0 Å². The average molecular weight is 475 g/mol. The molecule has 1 aromatic carbocycles. The molecule has 0 radical (unpaired) electrons. The lowest BCUT2D eigenvalue weighted by Gasteiger charge is -2.47. The van der Waals surface area contributed by atoms with Crippen molar-refractivity contribution in [2.45, 2.75) is 50.4 Å². The molecule has 9 heteroatoms. The molecule has 3 heterocycles. The van der Waals surface area contributed by atoms with Crippen LogP contribution in [0, 0.1) is 11.8 Å². The highest BCUT2D eigenvalue weighted by atomic mass is 19.4. The third-order valence-electron chi connectivity index (χ3n) is 7.35. The molecule has 2 fully saturated rings. The molecule has 5 rings (SSSR count). The first-order valence-electron chi connectivity index (χ1n) is 12.0. The molecule has 6 nitrogen and oxygen atoms in total. The van der Waals surface area contributed by atoms with E-state index in [4.69, 9.17) is 4.74 Å². The Kier molecular flexibility index (Phi) is 6.57. The molecule has 1 saturated heterocycles. The number of nitrogens with one attached hydrogen (secondary N) is 1. The second kappa shape index (κ2) is 9.62. The number of rotatable bonds is 7. The number of alkyl halides is 3. The maximum Gasteiger partial charge on any atom is 0.416 e. The van der Waals surface area contributed by atoms with Crippen LogP contribution in [-0.2, 0) is 15.7 Å². The Balaban J connectivity index is 1.08. The van der Waals surface area contributed by atoms with Gasteiger partial charge in [0, 0.05) is 30.9 Å². The summed E-state index contributed by atoms with van der Waals surface area (Å²) in [6.07, 6.45) is 6.64. The first-order valence-corrected chi connectivity index (χ1v) is 12.0. The van der Waals surface area contributed by atoms with E-state index in [2.05, 4.69) is 32.3 Å². The fourth-order valence-electron chi connectivity index (χ4n) is 5.49. The second-order valence-electron chi connectivity index (χ2n) is 9.66. The van der Waals surface area contributed by atoms with Crippen LogP contribution in [0.15, 0.2) is 36.7 Å². The number of nitrogens with zero attached hydrogens (tertiary/aromatic N) is 3. The second-order valence-corrected chi connectivity index (χ2v) is 9.66. The Morgan fingerprint density at radius 2 is 1.94 bits per heavy atom. The van der Waals surface area contributed by atoms with E-state index in [1.165, 1.54) is 38.1 Å². The minimum absolute atomic E-state index is 0.0391. The predicted octanol–water partition coefficient (Wildman–Crippen LogP) is 4.47. The molecule has 1 aromatic heterocycles. The van der Waals surface area contributed by atoms with E-state index in [-0.39, 0.29) is 23.5 Å². The Morgan fingerprint density at radius 3 is 2.65 bits per heavy atom. The van der Waals surface area contributed by atoms with Crippen LogP contribution in [0.2, 0.25) is 0 Å². The van der Waals surface area contributed by atoms with Crippen molar-refractivity contribution in [3.8, 4) is 0 Å². The summed E-state index contributed by atoms with van der Waals surface area (Å²) in [7, 11) is 0. The maximum atomic E-state index is 13.1. The van der Waals surface area contributed by atoms with Gasteiger partial charge in [-0.3, -0.25) is 9.69 Å².